The van der Waals surface area contributed by atoms with Gasteiger partial charge in [-0.05, 0) is 18.4 Å². The molecule has 16 heavy (non-hydrogen) atoms. The molecule has 0 bridgehead atoms. The van der Waals surface area contributed by atoms with Crippen LogP contribution in [0.5, 0.6) is 0 Å². The van der Waals surface area contributed by atoms with Gasteiger partial charge in [-0.2, -0.15) is 0 Å². The van der Waals surface area contributed by atoms with Crippen LogP contribution in [0, 0.1) is 0 Å². The molecule has 2 aromatic rings. The molecule has 1 unspecified atom stereocenters. The number of aromatic nitrogens is 2. The molecule has 82 valence electrons. The van der Waals surface area contributed by atoms with Gasteiger partial charge in [0.2, 0.25) is 5.95 Å². The molecule has 3 heteroatoms. The van der Waals surface area contributed by atoms with Crippen LogP contribution in [0.2, 0.25) is 0 Å². The van der Waals surface area contributed by atoms with Crippen molar-refractivity contribution < 1.29 is 0 Å². The fourth-order valence-corrected chi connectivity index (χ4v) is 2.46. The fourth-order valence-electron chi connectivity index (χ4n) is 2.46. The van der Waals surface area contributed by atoms with Crippen LogP contribution in [0.1, 0.15) is 24.4 Å². The van der Waals surface area contributed by atoms with E-state index in [4.69, 9.17) is 0 Å². The molecule has 1 saturated heterocycles. The smallest absolute Gasteiger partial charge is 0.203 e. The fraction of sp³-hybridized carbons (Fsp3) is 0.308. The minimum atomic E-state index is 0.479. The Bertz CT molecular complexity index is 435. The molecule has 0 spiro atoms. The Morgan fingerprint density at radius 1 is 1.25 bits per heavy atom. The molecule has 3 rings (SSSR count). The summed E-state index contributed by atoms with van der Waals surface area (Å²) in [5.74, 6) is 0.992. The lowest BCUT2D eigenvalue weighted by Gasteiger charge is -2.24. The van der Waals surface area contributed by atoms with Crippen LogP contribution in [0.15, 0.2) is 42.7 Å². The van der Waals surface area contributed by atoms with Gasteiger partial charge in [0.15, 0.2) is 0 Å². The summed E-state index contributed by atoms with van der Waals surface area (Å²) in [6, 6.07) is 11.2. The van der Waals surface area contributed by atoms with Gasteiger partial charge < -0.3 is 9.88 Å². The summed E-state index contributed by atoms with van der Waals surface area (Å²) in [7, 11) is 0. The third-order valence-electron chi connectivity index (χ3n) is 3.19. The van der Waals surface area contributed by atoms with Crippen LogP contribution in [-0.4, -0.2) is 16.5 Å². The largest absolute Gasteiger partial charge is 0.335 e. The molecule has 1 aromatic carbocycles. The van der Waals surface area contributed by atoms with Crippen molar-refractivity contribution in [1.82, 2.24) is 9.97 Å². The lowest BCUT2D eigenvalue weighted by Crippen LogP contribution is -2.23. The zero-order chi connectivity index (χ0) is 10.8. The predicted molar refractivity (Wildman–Crippen MR) is 64.4 cm³/mol. The summed E-state index contributed by atoms with van der Waals surface area (Å²) in [4.78, 5) is 9.89. The van der Waals surface area contributed by atoms with Crippen molar-refractivity contribution in [1.29, 1.82) is 0 Å². The average Bonchev–Trinajstić information content (AvgIpc) is 3.01. The minimum absolute atomic E-state index is 0.479. The summed E-state index contributed by atoms with van der Waals surface area (Å²) >= 11 is 0. The van der Waals surface area contributed by atoms with E-state index in [0.29, 0.717) is 6.04 Å². The minimum Gasteiger partial charge on any atom is -0.335 e. The number of aromatic amines is 1. The number of imidazole rings is 1. The molecule has 0 radical (unpaired) electrons. The summed E-state index contributed by atoms with van der Waals surface area (Å²) in [6.07, 6.45) is 6.15. The standard InChI is InChI=1S/C13H15N3/c1-2-5-11(6-3-1)12-7-4-10-16(12)13-14-8-9-15-13/h1-3,5-6,8-9,12H,4,7,10H2,(H,14,15). The molecule has 1 fully saturated rings. The second-order valence-corrected chi connectivity index (χ2v) is 4.17. The van der Waals surface area contributed by atoms with E-state index in [1.807, 2.05) is 12.4 Å². The van der Waals surface area contributed by atoms with Crippen LogP contribution in [0.3, 0.4) is 0 Å². The second-order valence-electron chi connectivity index (χ2n) is 4.17. The first-order chi connectivity index (χ1) is 7.95. The van der Waals surface area contributed by atoms with Gasteiger partial charge in [0.05, 0.1) is 6.04 Å². The number of anilines is 1. The van der Waals surface area contributed by atoms with E-state index in [9.17, 15) is 0 Å². The first kappa shape index (κ1) is 9.46. The van der Waals surface area contributed by atoms with Crippen molar-refractivity contribution in [3.63, 3.8) is 0 Å². The van der Waals surface area contributed by atoms with Gasteiger partial charge in [0.25, 0.3) is 0 Å². The molecule has 0 aliphatic carbocycles. The molecule has 1 N–H and O–H groups in total. The van der Waals surface area contributed by atoms with Gasteiger partial charge >= 0.3 is 0 Å². The molecule has 0 amide bonds. The van der Waals surface area contributed by atoms with E-state index in [1.54, 1.807) is 0 Å². The number of nitrogens with zero attached hydrogens (tertiary/aromatic N) is 2. The summed E-state index contributed by atoms with van der Waals surface area (Å²) in [5, 5.41) is 0. The molecule has 0 saturated carbocycles. The Balaban J connectivity index is 1.90. The highest BCUT2D eigenvalue weighted by atomic mass is 15.3. The Hall–Kier alpha value is -1.77. The van der Waals surface area contributed by atoms with E-state index in [0.717, 1.165) is 12.5 Å². The van der Waals surface area contributed by atoms with Crippen molar-refractivity contribution in [3.8, 4) is 0 Å². The van der Waals surface area contributed by atoms with Gasteiger partial charge in [-0.15, -0.1) is 0 Å². The van der Waals surface area contributed by atoms with E-state index in [2.05, 4.69) is 45.2 Å². The SMILES string of the molecule is c1ccc(C2CCCN2c2ncc[nH]2)cc1. The van der Waals surface area contributed by atoms with Gasteiger partial charge in [0.1, 0.15) is 0 Å². The van der Waals surface area contributed by atoms with E-state index < -0.39 is 0 Å². The number of H-pyrrole nitrogens is 1. The Kier molecular flexibility index (Phi) is 2.37. The van der Waals surface area contributed by atoms with E-state index in [1.165, 1.54) is 18.4 Å². The molecule has 1 atom stereocenters. The normalized spacial score (nSPS) is 20.2. The van der Waals surface area contributed by atoms with Gasteiger partial charge in [-0.3, -0.25) is 0 Å². The molecule has 1 aliphatic heterocycles. The highest BCUT2D eigenvalue weighted by Gasteiger charge is 2.27. The Morgan fingerprint density at radius 2 is 2.12 bits per heavy atom. The number of hydrogen-bond acceptors (Lipinski definition) is 2. The van der Waals surface area contributed by atoms with Crippen molar-refractivity contribution in [2.24, 2.45) is 0 Å². The molecule has 3 nitrogen and oxygen atoms in total. The maximum Gasteiger partial charge on any atom is 0.203 e. The van der Waals surface area contributed by atoms with Gasteiger partial charge in [-0.25, -0.2) is 4.98 Å². The number of nitrogens with one attached hydrogen (secondary N) is 1. The molecule has 1 aliphatic rings. The highest BCUT2D eigenvalue weighted by Crippen LogP contribution is 2.33. The molecule has 1 aromatic heterocycles. The average molecular weight is 213 g/mol. The van der Waals surface area contributed by atoms with Gasteiger partial charge in [-0.1, -0.05) is 30.3 Å². The van der Waals surface area contributed by atoms with Crippen LogP contribution in [0.4, 0.5) is 5.95 Å². The lowest BCUT2D eigenvalue weighted by molar-refractivity contribution is 0.706. The van der Waals surface area contributed by atoms with E-state index in [-0.39, 0.29) is 0 Å². The quantitative estimate of drug-likeness (QED) is 0.831. The van der Waals surface area contributed by atoms with Crippen LogP contribution < -0.4 is 4.90 Å². The van der Waals surface area contributed by atoms with Crippen LogP contribution >= 0.6 is 0 Å². The maximum atomic E-state index is 4.34. The summed E-state index contributed by atoms with van der Waals surface area (Å²) < 4.78 is 0. The molecular weight excluding hydrogens is 198 g/mol. The van der Waals surface area contributed by atoms with Crippen molar-refractivity contribution in [2.75, 3.05) is 11.4 Å². The zero-order valence-electron chi connectivity index (χ0n) is 9.13. The monoisotopic (exact) mass is 213 g/mol. The lowest BCUT2D eigenvalue weighted by atomic mass is 10.1. The van der Waals surface area contributed by atoms with Crippen molar-refractivity contribution in [2.45, 2.75) is 18.9 Å². The summed E-state index contributed by atoms with van der Waals surface area (Å²) in [5.41, 5.74) is 1.39. The van der Waals surface area contributed by atoms with E-state index >= 15 is 0 Å². The number of hydrogen-bond donors (Lipinski definition) is 1. The van der Waals surface area contributed by atoms with Crippen molar-refractivity contribution in [3.05, 3.63) is 48.3 Å². The molecular formula is C13H15N3. The Labute approximate surface area is 95.1 Å². The third-order valence-corrected chi connectivity index (χ3v) is 3.19. The zero-order valence-corrected chi connectivity index (χ0v) is 9.13. The third kappa shape index (κ3) is 1.58. The first-order valence-electron chi connectivity index (χ1n) is 5.76. The Morgan fingerprint density at radius 3 is 2.88 bits per heavy atom. The second kappa shape index (κ2) is 4.00. The summed E-state index contributed by atoms with van der Waals surface area (Å²) in [6.45, 7) is 1.09. The van der Waals surface area contributed by atoms with Crippen LogP contribution in [0.25, 0.3) is 0 Å². The van der Waals surface area contributed by atoms with Crippen molar-refractivity contribution >= 4 is 5.95 Å². The topological polar surface area (TPSA) is 31.9 Å². The number of benzene rings is 1. The first-order valence-corrected chi connectivity index (χ1v) is 5.76. The predicted octanol–water partition coefficient (Wildman–Crippen LogP) is 2.75. The molecule has 2 heterocycles. The highest BCUT2D eigenvalue weighted by molar-refractivity contribution is 5.38. The van der Waals surface area contributed by atoms with Gasteiger partial charge in [0, 0.05) is 18.9 Å². The number of rotatable bonds is 2. The van der Waals surface area contributed by atoms with Crippen LogP contribution in [-0.2, 0) is 0 Å². The maximum absolute atomic E-state index is 4.34.